The highest BCUT2D eigenvalue weighted by Crippen LogP contribution is 2.10. The first-order chi connectivity index (χ1) is 8.77. The van der Waals surface area contributed by atoms with Crippen molar-refractivity contribution in [1.29, 1.82) is 0 Å². The van der Waals surface area contributed by atoms with E-state index in [2.05, 4.69) is 11.4 Å². The van der Waals surface area contributed by atoms with Gasteiger partial charge in [-0.2, -0.15) is 0 Å². The molecule has 4 heteroatoms. The molecule has 18 heavy (non-hydrogen) atoms. The predicted octanol–water partition coefficient (Wildman–Crippen LogP) is 2.11. The summed E-state index contributed by atoms with van der Waals surface area (Å²) in [6.45, 7) is 0.625. The normalized spacial score (nSPS) is 12.1. The molecule has 1 amide bonds. The van der Waals surface area contributed by atoms with E-state index in [1.807, 2.05) is 41.8 Å². The topological polar surface area (TPSA) is 55.1 Å². The molecule has 1 aromatic carbocycles. The molecule has 2 aromatic rings. The molecule has 0 spiro atoms. The molecule has 3 N–H and O–H groups in total. The smallest absolute Gasteiger partial charge is 0.241 e. The van der Waals surface area contributed by atoms with Gasteiger partial charge in [0.15, 0.2) is 0 Å². The Morgan fingerprint density at radius 3 is 2.67 bits per heavy atom. The summed E-state index contributed by atoms with van der Waals surface area (Å²) in [5, 5.41) is 4.90. The van der Waals surface area contributed by atoms with Crippen LogP contribution in [-0.4, -0.2) is 12.5 Å². The minimum absolute atomic E-state index is 0.127. The number of hydrogen-bond acceptors (Lipinski definition) is 3. The van der Waals surface area contributed by atoms with Crippen LogP contribution in [0, 0.1) is 0 Å². The number of rotatable bonds is 5. The fourth-order valence-electron chi connectivity index (χ4n) is 1.69. The van der Waals surface area contributed by atoms with Crippen LogP contribution in [0.25, 0.3) is 0 Å². The van der Waals surface area contributed by atoms with E-state index in [0.29, 0.717) is 6.54 Å². The Balaban J connectivity index is 1.81. The standard InChI is InChI=1S/C14H16N2OS/c15-13(11-5-2-1-3-6-11)14(17)16-9-8-12-7-4-10-18-12/h1-7,10,13H,8-9,15H2,(H,16,17)/t13-/m0/s1. The third-order valence-corrected chi connectivity index (χ3v) is 3.63. The summed E-state index contributed by atoms with van der Waals surface area (Å²) in [6, 6.07) is 12.9. The molecule has 0 aliphatic rings. The maximum absolute atomic E-state index is 11.8. The zero-order chi connectivity index (χ0) is 12.8. The van der Waals surface area contributed by atoms with Crippen LogP contribution in [0.3, 0.4) is 0 Å². The average Bonchev–Trinajstić information content (AvgIpc) is 2.92. The lowest BCUT2D eigenvalue weighted by Gasteiger charge is -2.12. The van der Waals surface area contributed by atoms with Crippen molar-refractivity contribution in [2.45, 2.75) is 12.5 Å². The maximum Gasteiger partial charge on any atom is 0.241 e. The molecule has 0 unspecified atom stereocenters. The van der Waals surface area contributed by atoms with Crippen LogP contribution < -0.4 is 11.1 Å². The Morgan fingerprint density at radius 1 is 1.22 bits per heavy atom. The minimum atomic E-state index is -0.588. The largest absolute Gasteiger partial charge is 0.354 e. The van der Waals surface area contributed by atoms with E-state index >= 15 is 0 Å². The number of hydrogen-bond donors (Lipinski definition) is 2. The second-order valence-electron chi connectivity index (χ2n) is 4.01. The lowest BCUT2D eigenvalue weighted by molar-refractivity contribution is -0.122. The van der Waals surface area contributed by atoms with Crippen molar-refractivity contribution in [3.8, 4) is 0 Å². The lowest BCUT2D eigenvalue weighted by atomic mass is 10.1. The Morgan fingerprint density at radius 2 is 2.00 bits per heavy atom. The minimum Gasteiger partial charge on any atom is -0.354 e. The first-order valence-electron chi connectivity index (χ1n) is 5.88. The van der Waals surface area contributed by atoms with Crippen molar-refractivity contribution in [3.05, 3.63) is 58.3 Å². The van der Waals surface area contributed by atoms with Crippen molar-refractivity contribution in [3.63, 3.8) is 0 Å². The molecule has 2 rings (SSSR count). The molecule has 94 valence electrons. The molecule has 0 fully saturated rings. The summed E-state index contributed by atoms with van der Waals surface area (Å²) in [5.74, 6) is -0.127. The van der Waals surface area contributed by atoms with Crippen LogP contribution in [0.4, 0.5) is 0 Å². The number of thiophene rings is 1. The fourth-order valence-corrected chi connectivity index (χ4v) is 2.39. The van der Waals surface area contributed by atoms with Crippen LogP contribution in [0.2, 0.25) is 0 Å². The van der Waals surface area contributed by atoms with Gasteiger partial charge < -0.3 is 11.1 Å². The monoisotopic (exact) mass is 260 g/mol. The summed E-state index contributed by atoms with van der Waals surface area (Å²) in [7, 11) is 0. The molecule has 0 saturated heterocycles. The van der Waals surface area contributed by atoms with E-state index in [4.69, 9.17) is 5.73 Å². The van der Waals surface area contributed by atoms with E-state index in [-0.39, 0.29) is 5.91 Å². The highest BCUT2D eigenvalue weighted by molar-refractivity contribution is 7.09. The van der Waals surface area contributed by atoms with Crippen LogP contribution in [0.15, 0.2) is 47.8 Å². The van der Waals surface area contributed by atoms with Crippen molar-refractivity contribution >= 4 is 17.2 Å². The first-order valence-corrected chi connectivity index (χ1v) is 6.76. The number of carbonyl (C=O) groups excluding carboxylic acids is 1. The average molecular weight is 260 g/mol. The first kappa shape index (κ1) is 12.8. The SMILES string of the molecule is N[C@H](C(=O)NCCc1cccs1)c1ccccc1. The van der Waals surface area contributed by atoms with Crippen molar-refractivity contribution in [2.24, 2.45) is 5.73 Å². The number of benzene rings is 1. The molecule has 1 atom stereocenters. The van der Waals surface area contributed by atoms with Crippen LogP contribution in [-0.2, 0) is 11.2 Å². The van der Waals surface area contributed by atoms with Gasteiger partial charge in [0.1, 0.15) is 6.04 Å². The molecule has 0 saturated carbocycles. The molecular formula is C14H16N2OS. The number of amides is 1. The summed E-state index contributed by atoms with van der Waals surface area (Å²) in [5.41, 5.74) is 6.73. The molecule has 0 bridgehead atoms. The van der Waals surface area contributed by atoms with Gasteiger partial charge in [0.25, 0.3) is 0 Å². The van der Waals surface area contributed by atoms with Gasteiger partial charge in [-0.25, -0.2) is 0 Å². The highest BCUT2D eigenvalue weighted by Gasteiger charge is 2.14. The molecule has 0 aliphatic heterocycles. The summed E-state index contributed by atoms with van der Waals surface area (Å²) < 4.78 is 0. The highest BCUT2D eigenvalue weighted by atomic mass is 32.1. The second kappa shape index (κ2) is 6.33. The third-order valence-electron chi connectivity index (χ3n) is 2.69. The summed E-state index contributed by atoms with van der Waals surface area (Å²) in [6.07, 6.45) is 0.852. The summed E-state index contributed by atoms with van der Waals surface area (Å²) in [4.78, 5) is 13.1. The van der Waals surface area contributed by atoms with Gasteiger partial charge in [-0.3, -0.25) is 4.79 Å². The molecule has 1 heterocycles. The number of nitrogens with one attached hydrogen (secondary N) is 1. The second-order valence-corrected chi connectivity index (χ2v) is 5.04. The Labute approximate surface area is 111 Å². The predicted molar refractivity (Wildman–Crippen MR) is 74.4 cm³/mol. The molecule has 0 aliphatic carbocycles. The van der Waals surface area contributed by atoms with E-state index < -0.39 is 6.04 Å². The zero-order valence-corrected chi connectivity index (χ0v) is 10.8. The lowest BCUT2D eigenvalue weighted by Crippen LogP contribution is -2.35. The molecule has 3 nitrogen and oxygen atoms in total. The Hall–Kier alpha value is -1.65. The third kappa shape index (κ3) is 3.42. The van der Waals surface area contributed by atoms with E-state index in [0.717, 1.165) is 12.0 Å². The van der Waals surface area contributed by atoms with Gasteiger partial charge in [0.05, 0.1) is 0 Å². The zero-order valence-electron chi connectivity index (χ0n) is 10.0. The maximum atomic E-state index is 11.8. The van der Waals surface area contributed by atoms with Gasteiger partial charge in [0, 0.05) is 11.4 Å². The van der Waals surface area contributed by atoms with E-state index in [1.165, 1.54) is 4.88 Å². The Bertz CT molecular complexity index is 482. The van der Waals surface area contributed by atoms with Crippen molar-refractivity contribution in [1.82, 2.24) is 5.32 Å². The molecule has 0 radical (unpaired) electrons. The Kier molecular flexibility index (Phi) is 4.50. The molecule has 1 aromatic heterocycles. The van der Waals surface area contributed by atoms with Crippen LogP contribution in [0.5, 0.6) is 0 Å². The quantitative estimate of drug-likeness (QED) is 0.865. The van der Waals surface area contributed by atoms with Gasteiger partial charge in [-0.15, -0.1) is 11.3 Å². The van der Waals surface area contributed by atoms with E-state index in [1.54, 1.807) is 11.3 Å². The van der Waals surface area contributed by atoms with Crippen LogP contribution in [0.1, 0.15) is 16.5 Å². The van der Waals surface area contributed by atoms with Crippen LogP contribution >= 0.6 is 11.3 Å². The summed E-state index contributed by atoms with van der Waals surface area (Å²) >= 11 is 1.70. The van der Waals surface area contributed by atoms with Crippen molar-refractivity contribution < 1.29 is 4.79 Å². The molecular weight excluding hydrogens is 244 g/mol. The van der Waals surface area contributed by atoms with E-state index in [9.17, 15) is 4.79 Å². The number of nitrogens with two attached hydrogens (primary N) is 1. The van der Waals surface area contributed by atoms with Gasteiger partial charge in [0.2, 0.25) is 5.91 Å². The fraction of sp³-hybridized carbons (Fsp3) is 0.214. The van der Waals surface area contributed by atoms with Crippen molar-refractivity contribution in [2.75, 3.05) is 6.54 Å². The number of carbonyl (C=O) groups is 1. The van der Waals surface area contributed by atoms with Gasteiger partial charge >= 0.3 is 0 Å². The van der Waals surface area contributed by atoms with Gasteiger partial charge in [-0.05, 0) is 23.4 Å². The van der Waals surface area contributed by atoms with Gasteiger partial charge in [-0.1, -0.05) is 36.4 Å².